The van der Waals surface area contributed by atoms with Crippen LogP contribution in [-0.4, -0.2) is 16.4 Å². The van der Waals surface area contributed by atoms with Gasteiger partial charge in [0.1, 0.15) is 5.56 Å². The topological polar surface area (TPSA) is 94.2 Å². The van der Waals surface area contributed by atoms with Crippen LogP contribution in [0.4, 0.5) is 5.69 Å². The number of aromatic nitrogens is 1. The third-order valence-corrected chi connectivity index (χ3v) is 4.93. The normalized spacial score (nSPS) is 10.8. The molecule has 0 fully saturated rings. The lowest BCUT2D eigenvalue weighted by molar-refractivity contribution is -0.117. The molecule has 30 heavy (non-hydrogen) atoms. The van der Waals surface area contributed by atoms with E-state index in [0.29, 0.717) is 17.2 Å². The summed E-state index contributed by atoms with van der Waals surface area (Å²) in [5.41, 5.74) is 8.62. The lowest BCUT2D eigenvalue weighted by Gasteiger charge is -2.13. The molecule has 0 radical (unpaired) electrons. The molecule has 0 aliphatic carbocycles. The Bertz CT molecular complexity index is 1150. The highest BCUT2D eigenvalue weighted by Crippen LogP contribution is 2.18. The number of benzene rings is 2. The minimum absolute atomic E-state index is 0.0914. The van der Waals surface area contributed by atoms with Gasteiger partial charge in [0.2, 0.25) is 5.91 Å². The van der Waals surface area contributed by atoms with Crippen molar-refractivity contribution in [2.45, 2.75) is 33.1 Å². The molecule has 0 aliphatic heterocycles. The number of hydrogen-bond donors (Lipinski definition) is 2. The minimum atomic E-state index is -0.477. The summed E-state index contributed by atoms with van der Waals surface area (Å²) < 4.78 is 1.49. The molecule has 154 valence electrons. The van der Waals surface area contributed by atoms with Crippen molar-refractivity contribution in [2.75, 3.05) is 5.32 Å². The van der Waals surface area contributed by atoms with Gasteiger partial charge in [0.05, 0.1) is 6.42 Å². The number of primary amides is 1. The number of anilines is 1. The Labute approximate surface area is 175 Å². The maximum Gasteiger partial charge on any atom is 0.268 e. The first-order chi connectivity index (χ1) is 14.3. The highest BCUT2D eigenvalue weighted by Gasteiger charge is 2.17. The number of amides is 2. The lowest BCUT2D eigenvalue weighted by atomic mass is 10.0. The maximum absolute atomic E-state index is 13.1. The second-order valence-electron chi connectivity index (χ2n) is 7.59. The predicted octanol–water partition coefficient (Wildman–Crippen LogP) is 3.55. The SMILES string of the molecule is Cc1ccn(-c2cccc(C(C)C)c2)c(=O)c1C(=O)Nc1ccc(CC(N)=O)cc1. The van der Waals surface area contributed by atoms with Gasteiger partial charge in [-0.15, -0.1) is 0 Å². The first-order valence-electron chi connectivity index (χ1n) is 9.77. The summed E-state index contributed by atoms with van der Waals surface area (Å²) in [5, 5.41) is 2.76. The van der Waals surface area contributed by atoms with E-state index >= 15 is 0 Å². The van der Waals surface area contributed by atoms with E-state index < -0.39 is 11.8 Å². The van der Waals surface area contributed by atoms with Crippen molar-refractivity contribution in [1.82, 2.24) is 4.57 Å². The van der Waals surface area contributed by atoms with Crippen LogP contribution in [0.1, 0.15) is 46.8 Å². The number of pyridine rings is 1. The molecule has 2 aromatic carbocycles. The maximum atomic E-state index is 13.1. The molecule has 0 saturated carbocycles. The number of carbonyl (C=O) groups excluding carboxylic acids is 2. The molecule has 3 N–H and O–H groups in total. The van der Waals surface area contributed by atoms with Crippen molar-refractivity contribution in [3.63, 3.8) is 0 Å². The largest absolute Gasteiger partial charge is 0.369 e. The molecule has 1 aromatic heterocycles. The van der Waals surface area contributed by atoms with Crippen LogP contribution in [-0.2, 0) is 11.2 Å². The van der Waals surface area contributed by atoms with Gasteiger partial charge >= 0.3 is 0 Å². The predicted molar refractivity (Wildman–Crippen MR) is 118 cm³/mol. The summed E-state index contributed by atoms with van der Waals surface area (Å²) in [7, 11) is 0. The van der Waals surface area contributed by atoms with E-state index in [0.717, 1.165) is 16.8 Å². The fraction of sp³-hybridized carbons (Fsp3) is 0.208. The molecule has 0 unspecified atom stereocenters. The summed E-state index contributed by atoms with van der Waals surface area (Å²) >= 11 is 0. The molecule has 0 aliphatic rings. The van der Waals surface area contributed by atoms with Crippen molar-refractivity contribution >= 4 is 17.5 Å². The molecular formula is C24H25N3O3. The van der Waals surface area contributed by atoms with Gasteiger partial charge in [-0.1, -0.05) is 38.1 Å². The van der Waals surface area contributed by atoms with Crippen LogP contribution in [0, 0.1) is 6.92 Å². The van der Waals surface area contributed by atoms with Crippen LogP contribution in [0.5, 0.6) is 0 Å². The molecule has 0 bridgehead atoms. The van der Waals surface area contributed by atoms with E-state index in [2.05, 4.69) is 19.2 Å². The Balaban J connectivity index is 1.91. The molecule has 3 rings (SSSR count). The van der Waals surface area contributed by atoms with Crippen molar-refractivity contribution in [3.8, 4) is 5.69 Å². The monoisotopic (exact) mass is 403 g/mol. The van der Waals surface area contributed by atoms with Crippen molar-refractivity contribution in [2.24, 2.45) is 5.73 Å². The number of nitrogens with one attached hydrogen (secondary N) is 1. The van der Waals surface area contributed by atoms with Crippen LogP contribution in [0.3, 0.4) is 0 Å². The van der Waals surface area contributed by atoms with E-state index in [1.54, 1.807) is 43.5 Å². The Morgan fingerprint density at radius 1 is 1.07 bits per heavy atom. The van der Waals surface area contributed by atoms with E-state index in [-0.39, 0.29) is 17.5 Å². The van der Waals surface area contributed by atoms with Crippen LogP contribution in [0.15, 0.2) is 65.6 Å². The first-order valence-corrected chi connectivity index (χ1v) is 9.77. The highest BCUT2D eigenvalue weighted by atomic mass is 16.2. The molecule has 6 heteroatoms. The van der Waals surface area contributed by atoms with Crippen LogP contribution < -0.4 is 16.6 Å². The standard InChI is InChI=1S/C24H25N3O3/c1-15(2)18-5-4-6-20(14-18)27-12-11-16(3)22(24(27)30)23(29)26-19-9-7-17(8-10-19)13-21(25)28/h4-12,14-15H,13H2,1-3H3,(H2,25,28)(H,26,29). The highest BCUT2D eigenvalue weighted by molar-refractivity contribution is 6.05. The second kappa shape index (κ2) is 8.78. The quantitative estimate of drug-likeness (QED) is 0.659. The Kier molecular flexibility index (Phi) is 6.16. The summed E-state index contributed by atoms with van der Waals surface area (Å²) in [4.78, 5) is 37.0. The average Bonchev–Trinajstić information content (AvgIpc) is 2.69. The molecular weight excluding hydrogens is 378 g/mol. The Morgan fingerprint density at radius 3 is 2.40 bits per heavy atom. The van der Waals surface area contributed by atoms with Gasteiger partial charge in [0, 0.05) is 17.6 Å². The Morgan fingerprint density at radius 2 is 1.77 bits per heavy atom. The van der Waals surface area contributed by atoms with E-state index in [4.69, 9.17) is 5.73 Å². The fourth-order valence-corrected chi connectivity index (χ4v) is 3.24. The molecule has 0 saturated heterocycles. The van der Waals surface area contributed by atoms with Gasteiger partial charge in [-0.3, -0.25) is 19.0 Å². The van der Waals surface area contributed by atoms with E-state index in [1.165, 1.54) is 4.57 Å². The lowest BCUT2D eigenvalue weighted by Crippen LogP contribution is -2.29. The molecule has 6 nitrogen and oxygen atoms in total. The van der Waals surface area contributed by atoms with Crippen LogP contribution in [0.25, 0.3) is 5.69 Å². The fourth-order valence-electron chi connectivity index (χ4n) is 3.24. The average molecular weight is 403 g/mol. The molecule has 2 amide bonds. The zero-order valence-corrected chi connectivity index (χ0v) is 17.3. The van der Waals surface area contributed by atoms with Gasteiger partial charge in [-0.05, 0) is 59.9 Å². The van der Waals surface area contributed by atoms with E-state index in [9.17, 15) is 14.4 Å². The smallest absolute Gasteiger partial charge is 0.268 e. The minimum Gasteiger partial charge on any atom is -0.369 e. The summed E-state index contributed by atoms with van der Waals surface area (Å²) in [6, 6.07) is 16.3. The zero-order valence-electron chi connectivity index (χ0n) is 17.3. The molecule has 0 atom stereocenters. The number of hydrogen-bond acceptors (Lipinski definition) is 3. The first kappa shape index (κ1) is 21.0. The Hall–Kier alpha value is -3.67. The molecule has 0 spiro atoms. The molecule has 1 heterocycles. The third-order valence-electron chi connectivity index (χ3n) is 4.93. The summed E-state index contributed by atoms with van der Waals surface area (Å²) in [6.07, 6.45) is 1.82. The number of aryl methyl sites for hydroxylation is 1. The third kappa shape index (κ3) is 4.66. The van der Waals surface area contributed by atoms with Crippen molar-refractivity contribution < 1.29 is 9.59 Å². The number of carbonyl (C=O) groups is 2. The number of rotatable bonds is 6. The van der Waals surface area contributed by atoms with Gasteiger partial charge < -0.3 is 11.1 Å². The van der Waals surface area contributed by atoms with Gasteiger partial charge in [0.15, 0.2) is 0 Å². The van der Waals surface area contributed by atoms with E-state index in [1.807, 2.05) is 24.3 Å². The van der Waals surface area contributed by atoms with Crippen LogP contribution in [0.2, 0.25) is 0 Å². The van der Waals surface area contributed by atoms with Crippen LogP contribution >= 0.6 is 0 Å². The summed E-state index contributed by atoms with van der Waals surface area (Å²) in [6.45, 7) is 5.91. The number of nitrogens with zero attached hydrogens (tertiary/aromatic N) is 1. The molecule has 3 aromatic rings. The second-order valence-corrected chi connectivity index (χ2v) is 7.59. The number of nitrogens with two attached hydrogens (primary N) is 1. The zero-order chi connectivity index (χ0) is 21.8. The van der Waals surface area contributed by atoms with Gasteiger partial charge in [-0.25, -0.2) is 0 Å². The summed E-state index contributed by atoms with van der Waals surface area (Å²) in [5.74, 6) is -0.574. The van der Waals surface area contributed by atoms with Gasteiger partial charge in [0.25, 0.3) is 11.5 Å². The van der Waals surface area contributed by atoms with Crippen molar-refractivity contribution in [3.05, 3.63) is 93.4 Å². The van der Waals surface area contributed by atoms with Gasteiger partial charge in [-0.2, -0.15) is 0 Å². The van der Waals surface area contributed by atoms with Crippen molar-refractivity contribution in [1.29, 1.82) is 0 Å².